The molecule has 0 aromatic carbocycles. The molecule has 0 saturated heterocycles. The first kappa shape index (κ1) is 10.0. The van der Waals surface area contributed by atoms with E-state index in [9.17, 15) is 4.79 Å². The van der Waals surface area contributed by atoms with Gasteiger partial charge in [0.2, 0.25) is 0 Å². The normalized spacial score (nSPS) is 12.9. The molecule has 0 heterocycles. The third-order valence-corrected chi connectivity index (χ3v) is 0.971. The smallest absolute Gasteiger partial charge is 0.335 e. The number of rotatable bonds is 1. The molecular formula is C8H15NO2. The third kappa shape index (κ3) is 4.42. The molecule has 0 bridgehead atoms. The van der Waals surface area contributed by atoms with Crippen LogP contribution in [0.4, 0.5) is 0 Å². The monoisotopic (exact) mass is 157 g/mol. The van der Waals surface area contributed by atoms with Crippen LogP contribution in [0.25, 0.3) is 0 Å². The van der Waals surface area contributed by atoms with Gasteiger partial charge in [0.15, 0.2) is 0 Å². The Bertz CT molecular complexity index is 177. The molecule has 0 rings (SSSR count). The summed E-state index contributed by atoms with van der Waals surface area (Å²) in [7, 11) is 0. The van der Waals surface area contributed by atoms with Gasteiger partial charge in [0.05, 0.1) is 0 Å². The molecule has 0 unspecified atom stereocenters. The SMILES string of the molecule is C/C(=C\N)C(=O)OC(C)(C)C. The van der Waals surface area contributed by atoms with Gasteiger partial charge in [-0.1, -0.05) is 0 Å². The zero-order valence-electron chi connectivity index (χ0n) is 7.47. The summed E-state index contributed by atoms with van der Waals surface area (Å²) >= 11 is 0. The largest absolute Gasteiger partial charge is 0.457 e. The molecule has 0 aliphatic carbocycles. The van der Waals surface area contributed by atoms with Crippen LogP contribution < -0.4 is 5.73 Å². The first-order valence-corrected chi connectivity index (χ1v) is 3.48. The van der Waals surface area contributed by atoms with E-state index in [1.165, 1.54) is 6.20 Å². The lowest BCUT2D eigenvalue weighted by Gasteiger charge is -2.19. The highest BCUT2D eigenvalue weighted by Gasteiger charge is 2.16. The Morgan fingerprint density at radius 1 is 1.45 bits per heavy atom. The van der Waals surface area contributed by atoms with Gasteiger partial charge in [0.1, 0.15) is 5.60 Å². The Balaban J connectivity index is 4.10. The number of nitrogens with two attached hydrogens (primary N) is 1. The highest BCUT2D eigenvalue weighted by atomic mass is 16.6. The van der Waals surface area contributed by atoms with Crippen molar-refractivity contribution in [1.82, 2.24) is 0 Å². The standard InChI is InChI=1S/C8H15NO2/c1-6(5-9)7(10)11-8(2,3)4/h5H,9H2,1-4H3/b6-5+. The van der Waals surface area contributed by atoms with Crippen LogP contribution in [0.3, 0.4) is 0 Å². The molecule has 0 spiro atoms. The molecule has 3 nitrogen and oxygen atoms in total. The van der Waals surface area contributed by atoms with Crippen LogP contribution in [0.5, 0.6) is 0 Å². The van der Waals surface area contributed by atoms with Crippen molar-refractivity contribution in [3.63, 3.8) is 0 Å². The number of carbonyl (C=O) groups excluding carboxylic acids is 1. The maximum Gasteiger partial charge on any atom is 0.335 e. The fourth-order valence-electron chi connectivity index (χ4n) is 0.427. The van der Waals surface area contributed by atoms with E-state index in [-0.39, 0.29) is 5.97 Å². The minimum absolute atomic E-state index is 0.361. The van der Waals surface area contributed by atoms with E-state index in [1.807, 2.05) is 20.8 Å². The van der Waals surface area contributed by atoms with Gasteiger partial charge < -0.3 is 10.5 Å². The summed E-state index contributed by atoms with van der Waals surface area (Å²) in [4.78, 5) is 11.0. The van der Waals surface area contributed by atoms with Crippen LogP contribution in [-0.4, -0.2) is 11.6 Å². The Kier molecular flexibility index (Phi) is 3.11. The molecule has 0 radical (unpaired) electrons. The Labute approximate surface area is 67.2 Å². The van der Waals surface area contributed by atoms with E-state index >= 15 is 0 Å². The van der Waals surface area contributed by atoms with Crippen LogP contribution in [0.15, 0.2) is 11.8 Å². The zero-order valence-corrected chi connectivity index (χ0v) is 7.47. The molecule has 64 valence electrons. The molecule has 0 saturated carbocycles. The van der Waals surface area contributed by atoms with Crippen LogP contribution >= 0.6 is 0 Å². The van der Waals surface area contributed by atoms with Gasteiger partial charge in [-0.2, -0.15) is 0 Å². The minimum atomic E-state index is -0.443. The second kappa shape index (κ2) is 3.42. The van der Waals surface area contributed by atoms with Crippen molar-refractivity contribution in [3.05, 3.63) is 11.8 Å². The van der Waals surface area contributed by atoms with Gasteiger partial charge in [-0.3, -0.25) is 0 Å². The Hall–Kier alpha value is -0.990. The first-order chi connectivity index (χ1) is 4.87. The molecular weight excluding hydrogens is 142 g/mol. The molecule has 0 aliphatic heterocycles. The van der Waals surface area contributed by atoms with Crippen molar-refractivity contribution in [1.29, 1.82) is 0 Å². The topological polar surface area (TPSA) is 52.3 Å². The maximum atomic E-state index is 11.0. The average molecular weight is 157 g/mol. The molecule has 0 fully saturated rings. The predicted octanol–water partition coefficient (Wildman–Crippen LogP) is 1.19. The molecule has 3 heteroatoms. The van der Waals surface area contributed by atoms with E-state index < -0.39 is 5.60 Å². The van der Waals surface area contributed by atoms with E-state index in [1.54, 1.807) is 6.92 Å². The van der Waals surface area contributed by atoms with Crippen LogP contribution in [-0.2, 0) is 9.53 Å². The second-order valence-corrected chi connectivity index (χ2v) is 3.35. The minimum Gasteiger partial charge on any atom is -0.457 e. The van der Waals surface area contributed by atoms with E-state index in [0.717, 1.165) is 0 Å². The lowest BCUT2D eigenvalue weighted by atomic mass is 10.2. The number of esters is 1. The van der Waals surface area contributed by atoms with Crippen molar-refractivity contribution in [3.8, 4) is 0 Å². The summed E-state index contributed by atoms with van der Waals surface area (Å²) in [5.74, 6) is -0.361. The van der Waals surface area contributed by atoms with Crippen LogP contribution in [0.1, 0.15) is 27.7 Å². The predicted molar refractivity (Wildman–Crippen MR) is 43.8 cm³/mol. The van der Waals surface area contributed by atoms with Gasteiger partial charge in [-0.25, -0.2) is 4.79 Å². The Morgan fingerprint density at radius 2 is 1.91 bits per heavy atom. The van der Waals surface area contributed by atoms with Gasteiger partial charge in [0.25, 0.3) is 0 Å². The number of carbonyl (C=O) groups is 1. The van der Waals surface area contributed by atoms with Gasteiger partial charge in [-0.05, 0) is 27.7 Å². The number of hydrogen-bond donors (Lipinski definition) is 1. The van der Waals surface area contributed by atoms with Crippen LogP contribution in [0, 0.1) is 0 Å². The van der Waals surface area contributed by atoms with E-state index in [2.05, 4.69) is 0 Å². The fraction of sp³-hybridized carbons (Fsp3) is 0.625. The molecule has 11 heavy (non-hydrogen) atoms. The maximum absolute atomic E-state index is 11.0. The highest BCUT2D eigenvalue weighted by Crippen LogP contribution is 2.09. The molecule has 0 atom stereocenters. The van der Waals surface area contributed by atoms with E-state index in [4.69, 9.17) is 10.5 Å². The van der Waals surface area contributed by atoms with Crippen molar-refractivity contribution < 1.29 is 9.53 Å². The quantitative estimate of drug-likeness (QED) is 0.459. The average Bonchev–Trinajstić information content (AvgIpc) is 1.82. The third-order valence-electron chi connectivity index (χ3n) is 0.971. The van der Waals surface area contributed by atoms with Crippen molar-refractivity contribution in [2.75, 3.05) is 0 Å². The highest BCUT2D eigenvalue weighted by molar-refractivity contribution is 5.87. The van der Waals surface area contributed by atoms with Gasteiger partial charge in [0, 0.05) is 11.8 Å². The summed E-state index contributed by atoms with van der Waals surface area (Å²) in [5.41, 5.74) is 5.12. The second-order valence-electron chi connectivity index (χ2n) is 3.35. The summed E-state index contributed by atoms with van der Waals surface area (Å²) in [5, 5.41) is 0. The molecule has 0 aliphatic rings. The fourth-order valence-corrected chi connectivity index (χ4v) is 0.427. The van der Waals surface area contributed by atoms with Gasteiger partial charge >= 0.3 is 5.97 Å². The number of ether oxygens (including phenoxy) is 1. The first-order valence-electron chi connectivity index (χ1n) is 3.48. The van der Waals surface area contributed by atoms with Crippen LogP contribution in [0.2, 0.25) is 0 Å². The number of hydrogen-bond acceptors (Lipinski definition) is 3. The summed E-state index contributed by atoms with van der Waals surface area (Å²) in [6.07, 6.45) is 1.24. The zero-order chi connectivity index (χ0) is 9.07. The van der Waals surface area contributed by atoms with Crippen molar-refractivity contribution in [2.24, 2.45) is 5.73 Å². The van der Waals surface area contributed by atoms with Gasteiger partial charge in [-0.15, -0.1) is 0 Å². The molecule has 2 N–H and O–H groups in total. The molecule has 0 aromatic heterocycles. The van der Waals surface area contributed by atoms with Crippen molar-refractivity contribution >= 4 is 5.97 Å². The lowest BCUT2D eigenvalue weighted by molar-refractivity contribution is -0.149. The summed E-state index contributed by atoms with van der Waals surface area (Å²) in [6.45, 7) is 7.06. The van der Waals surface area contributed by atoms with E-state index in [0.29, 0.717) is 5.57 Å². The molecule has 0 aromatic rings. The summed E-state index contributed by atoms with van der Waals surface area (Å²) in [6, 6.07) is 0. The summed E-state index contributed by atoms with van der Waals surface area (Å²) < 4.78 is 5.00. The molecule has 0 amide bonds. The Morgan fingerprint density at radius 3 is 2.18 bits per heavy atom. The van der Waals surface area contributed by atoms with Crippen molar-refractivity contribution in [2.45, 2.75) is 33.3 Å². The lowest BCUT2D eigenvalue weighted by Crippen LogP contribution is -2.24.